The van der Waals surface area contributed by atoms with E-state index in [0.29, 0.717) is 0 Å². The van der Waals surface area contributed by atoms with Gasteiger partial charge >= 0.3 is 0 Å². The van der Waals surface area contributed by atoms with Gasteiger partial charge in [0, 0.05) is 162 Å². The molecule has 23 heteroatoms. The molecule has 8 rings (SSSR count). The van der Waals surface area contributed by atoms with Crippen LogP contribution in [0.5, 0.6) is 0 Å². The molecule has 3 aliphatic heterocycles. The van der Waals surface area contributed by atoms with Gasteiger partial charge in [0.25, 0.3) is 0 Å². The molecule has 55 heavy (non-hydrogen) atoms. The number of nitrogens with zero attached hydrogens (tertiary/aromatic N) is 10. The molecular weight excluding hydrogens is 890 g/mol. The molecule has 0 bridgehead atoms. The van der Waals surface area contributed by atoms with Crippen LogP contribution in [0.25, 0.3) is 0 Å². The van der Waals surface area contributed by atoms with E-state index in [1.807, 2.05) is 0 Å². The quantitative estimate of drug-likeness (QED) is 0.0912. The largest absolute Gasteiger partial charge is 0.314 e. The van der Waals surface area contributed by atoms with E-state index in [9.17, 15) is 0 Å². The first-order valence-corrected chi connectivity index (χ1v) is 15.7. The van der Waals surface area contributed by atoms with Crippen molar-refractivity contribution in [3.63, 3.8) is 0 Å². The molecule has 3 aliphatic rings. The molecule has 0 spiro atoms. The van der Waals surface area contributed by atoms with Crippen LogP contribution in [0.4, 0.5) is 0 Å². The third-order valence-corrected chi connectivity index (χ3v) is 5.26. The van der Waals surface area contributed by atoms with Crippen LogP contribution < -0.4 is 31.9 Å². The van der Waals surface area contributed by atoms with Gasteiger partial charge in [-0.05, 0) is 30.3 Å². The van der Waals surface area contributed by atoms with E-state index >= 15 is 0 Å². The molecule has 0 aromatic carbocycles. The van der Waals surface area contributed by atoms with Gasteiger partial charge < -0.3 is 31.9 Å². The summed E-state index contributed by atoms with van der Waals surface area (Å²) in [6, 6.07) is 8.89. The van der Waals surface area contributed by atoms with Gasteiger partial charge in [-0.25, -0.2) is 49.8 Å². The standard InChI is InChI=1S/3C4H10N2.5C4H4N2.Mo.6H3P/c3*1-2-6-4-3-5-1;5*1-2-5-4-6-3-1;;;;;;;/h3*5-6H,1-4H2;5*1-4H;;6*1H3. The first-order chi connectivity index (χ1) is 24.0. The Labute approximate surface area is 362 Å². The third-order valence-electron chi connectivity index (χ3n) is 5.26. The van der Waals surface area contributed by atoms with Gasteiger partial charge in [-0.3, -0.25) is 0 Å². The first kappa shape index (κ1) is 68.1. The second-order valence-corrected chi connectivity index (χ2v) is 9.02. The topological polar surface area (TPSA) is 201 Å². The van der Waals surface area contributed by atoms with Crippen molar-refractivity contribution in [1.82, 2.24) is 81.7 Å². The molecule has 0 aliphatic carbocycles. The molecule has 0 amide bonds. The van der Waals surface area contributed by atoms with Crippen LogP contribution in [0.2, 0.25) is 0 Å². The predicted octanol–water partition coefficient (Wildman–Crippen LogP) is 0.267. The van der Waals surface area contributed by atoms with Gasteiger partial charge in [0.1, 0.15) is 31.6 Å². The second kappa shape index (κ2) is 64.3. The molecule has 6 N–H and O–H groups in total. The van der Waals surface area contributed by atoms with Crippen molar-refractivity contribution in [2.45, 2.75) is 0 Å². The maximum atomic E-state index is 3.67. The number of piperazine rings is 3. The number of rotatable bonds is 0. The number of hydrogen-bond donors (Lipinski definition) is 6. The average molecular weight is 959 g/mol. The SMILES string of the molecule is C1CNCCN1.C1CNCCN1.C1CNCCN1.P.P.P.P.P.P.[Mo].c1cncnc1.c1cncnc1.c1cncnc1.c1cncnc1.c1cncnc1. The van der Waals surface area contributed by atoms with Crippen LogP contribution in [0.15, 0.2) is 124 Å². The molecule has 6 atom stereocenters. The van der Waals surface area contributed by atoms with Crippen LogP contribution in [0.3, 0.4) is 0 Å². The molecule has 3 saturated heterocycles. The zero-order chi connectivity index (χ0) is 33.9. The van der Waals surface area contributed by atoms with E-state index in [4.69, 9.17) is 0 Å². The van der Waals surface area contributed by atoms with E-state index in [1.54, 1.807) is 92.3 Å². The molecule has 5 aromatic rings. The minimum atomic E-state index is 0. The maximum Gasteiger partial charge on any atom is 0.115 e. The van der Waals surface area contributed by atoms with Gasteiger partial charge in [0.2, 0.25) is 0 Å². The van der Waals surface area contributed by atoms with Gasteiger partial charge in [0.15, 0.2) is 0 Å². The van der Waals surface area contributed by atoms with Crippen LogP contribution in [0, 0.1) is 0 Å². The van der Waals surface area contributed by atoms with Crippen LogP contribution in [0.1, 0.15) is 0 Å². The normalized spacial score (nSPS) is 12.2. The molecule has 312 valence electrons. The van der Waals surface area contributed by atoms with Crippen molar-refractivity contribution >= 4 is 59.4 Å². The summed E-state index contributed by atoms with van der Waals surface area (Å²) in [6.45, 7) is 13.7. The molecule has 16 nitrogen and oxygen atoms in total. The predicted molar refractivity (Wildman–Crippen MR) is 254 cm³/mol. The Morgan fingerprint density at radius 3 is 0.364 bits per heavy atom. The monoisotopic (exact) mass is 960 g/mol. The van der Waals surface area contributed by atoms with Crippen molar-refractivity contribution in [1.29, 1.82) is 0 Å². The summed E-state index contributed by atoms with van der Waals surface area (Å²) in [6.07, 6.45) is 24.4. The Bertz CT molecular complexity index is 830. The number of hydrogen-bond acceptors (Lipinski definition) is 16. The second-order valence-electron chi connectivity index (χ2n) is 9.02. The van der Waals surface area contributed by atoms with E-state index in [-0.39, 0.29) is 80.5 Å². The fraction of sp³-hybridized carbons (Fsp3) is 0.375. The van der Waals surface area contributed by atoms with E-state index in [2.05, 4.69) is 81.7 Å². The zero-order valence-corrected chi connectivity index (χ0v) is 42.6. The van der Waals surface area contributed by atoms with Crippen molar-refractivity contribution in [2.75, 3.05) is 78.5 Å². The number of nitrogens with one attached hydrogen (secondary N) is 6. The van der Waals surface area contributed by atoms with Crippen molar-refractivity contribution in [2.24, 2.45) is 0 Å². The average Bonchev–Trinajstić information content (AvgIpc) is 3.25. The Hall–Kier alpha value is -1.57. The Morgan fingerprint density at radius 1 is 0.218 bits per heavy atom. The first-order valence-electron chi connectivity index (χ1n) is 15.7. The molecule has 6 unspecified atom stereocenters. The third kappa shape index (κ3) is 61.9. The molecule has 3 fully saturated rings. The summed E-state index contributed by atoms with van der Waals surface area (Å²) in [5, 5.41) is 19.3. The van der Waals surface area contributed by atoms with Crippen LogP contribution >= 0.6 is 59.4 Å². The summed E-state index contributed by atoms with van der Waals surface area (Å²) in [4.78, 5) is 36.7. The van der Waals surface area contributed by atoms with Crippen molar-refractivity contribution in [3.05, 3.63) is 124 Å². The molecule has 8 heterocycles. The van der Waals surface area contributed by atoms with Crippen molar-refractivity contribution < 1.29 is 21.1 Å². The van der Waals surface area contributed by atoms with Crippen molar-refractivity contribution in [3.8, 4) is 0 Å². The summed E-state index contributed by atoms with van der Waals surface area (Å²) in [5.74, 6) is 0. The maximum absolute atomic E-state index is 3.67. The fourth-order valence-corrected chi connectivity index (χ4v) is 3.08. The summed E-state index contributed by atoms with van der Waals surface area (Å²) in [5.41, 5.74) is 0. The summed E-state index contributed by atoms with van der Waals surface area (Å²) >= 11 is 0. The number of aromatic nitrogens is 10. The molecule has 5 aromatic heterocycles. The van der Waals surface area contributed by atoms with E-state index < -0.39 is 0 Å². The Balaban J connectivity index is -0.0000000940. The van der Waals surface area contributed by atoms with Gasteiger partial charge in [-0.1, -0.05) is 0 Å². The Morgan fingerprint density at radius 2 is 0.327 bits per heavy atom. The van der Waals surface area contributed by atoms with E-state index in [0.717, 1.165) is 78.5 Å². The van der Waals surface area contributed by atoms with Gasteiger partial charge in [0.05, 0.1) is 0 Å². The summed E-state index contributed by atoms with van der Waals surface area (Å²) < 4.78 is 0. The van der Waals surface area contributed by atoms with Gasteiger partial charge in [-0.15, -0.1) is 0 Å². The Kier molecular flexibility index (Phi) is 79.7. The molecule has 0 saturated carbocycles. The molecule has 0 radical (unpaired) electrons. The molecular formula is C32H68MoN16P6. The minimum Gasteiger partial charge on any atom is -0.314 e. The van der Waals surface area contributed by atoms with Gasteiger partial charge in [-0.2, -0.15) is 59.4 Å². The smallest absolute Gasteiger partial charge is 0.115 e. The van der Waals surface area contributed by atoms with E-state index in [1.165, 1.54) is 31.6 Å². The van der Waals surface area contributed by atoms with Crippen LogP contribution in [-0.2, 0) is 21.1 Å². The minimum absolute atomic E-state index is 0. The zero-order valence-electron chi connectivity index (χ0n) is 32.2. The summed E-state index contributed by atoms with van der Waals surface area (Å²) in [7, 11) is 0. The fourth-order valence-electron chi connectivity index (χ4n) is 3.08. The van der Waals surface area contributed by atoms with Crippen LogP contribution in [-0.4, -0.2) is 128 Å².